The van der Waals surface area contributed by atoms with E-state index in [4.69, 9.17) is 4.74 Å². The van der Waals surface area contributed by atoms with Crippen LogP contribution < -0.4 is 0 Å². The van der Waals surface area contributed by atoms with E-state index in [1.54, 1.807) is 12.2 Å². The van der Waals surface area contributed by atoms with Gasteiger partial charge in [-0.05, 0) is 24.6 Å². The molecule has 0 radical (unpaired) electrons. The molecule has 0 amide bonds. The number of carbonyl (C=O) groups excluding carboxylic acids is 1. The van der Waals surface area contributed by atoms with Gasteiger partial charge in [0.15, 0.2) is 17.2 Å². The molecule has 0 saturated carbocycles. The number of unbranched alkanes of at least 4 members (excludes halogenated alkanes) is 2. The number of ether oxygens (including phenoxy) is 1. The maximum Gasteiger partial charge on any atom is 0.338 e. The Balaban J connectivity index is 2.44. The van der Waals surface area contributed by atoms with E-state index in [0.29, 0.717) is 0 Å². The summed E-state index contributed by atoms with van der Waals surface area (Å²) in [6.45, 7) is 2.21. The van der Waals surface area contributed by atoms with Crippen LogP contribution in [-0.4, -0.2) is 27.9 Å². The van der Waals surface area contributed by atoms with Crippen LogP contribution in [0.4, 0.5) is 0 Å². The average molecular weight is 292 g/mol. The van der Waals surface area contributed by atoms with E-state index in [9.17, 15) is 20.1 Å². The standard InChI is InChI=1S/C16H20O5/c1-2-3-4-5-6-7-8-9-21-16(20)12-10-13(17)15(19)14(18)11-12/h5-8,10-11,17-19H,2-4,9H2,1H3. The zero-order chi connectivity index (χ0) is 15.7. The summed E-state index contributed by atoms with van der Waals surface area (Å²) in [4.78, 5) is 11.7. The minimum atomic E-state index is -0.694. The molecule has 0 saturated heterocycles. The number of aromatic hydroxyl groups is 3. The second-order valence-corrected chi connectivity index (χ2v) is 4.46. The maximum atomic E-state index is 11.7. The number of phenols is 3. The zero-order valence-corrected chi connectivity index (χ0v) is 12.0. The highest BCUT2D eigenvalue weighted by atomic mass is 16.5. The summed E-state index contributed by atoms with van der Waals surface area (Å²) < 4.78 is 4.94. The molecule has 0 aliphatic heterocycles. The lowest BCUT2D eigenvalue weighted by atomic mass is 10.2. The lowest BCUT2D eigenvalue weighted by Crippen LogP contribution is -2.04. The van der Waals surface area contributed by atoms with Gasteiger partial charge in [-0.2, -0.15) is 0 Å². The number of phenolic OH excluding ortho intramolecular Hbond substituents is 3. The summed E-state index contributed by atoms with van der Waals surface area (Å²) in [7, 11) is 0. The first-order chi connectivity index (χ1) is 10.1. The van der Waals surface area contributed by atoms with Crippen LogP contribution in [-0.2, 0) is 4.74 Å². The Hall–Kier alpha value is -2.43. The molecule has 5 nitrogen and oxygen atoms in total. The summed E-state index contributed by atoms with van der Waals surface area (Å²) >= 11 is 0. The van der Waals surface area contributed by atoms with Crippen molar-refractivity contribution in [2.45, 2.75) is 26.2 Å². The first-order valence-corrected chi connectivity index (χ1v) is 6.80. The van der Waals surface area contributed by atoms with Crippen molar-refractivity contribution < 1.29 is 24.9 Å². The molecule has 0 aliphatic carbocycles. The molecule has 1 aromatic rings. The van der Waals surface area contributed by atoms with Crippen molar-refractivity contribution in [1.29, 1.82) is 0 Å². The Morgan fingerprint density at radius 2 is 1.76 bits per heavy atom. The molecule has 0 heterocycles. The molecule has 3 N–H and O–H groups in total. The predicted octanol–water partition coefficient (Wildman–Crippen LogP) is 3.26. The Kier molecular flexibility index (Phi) is 6.87. The van der Waals surface area contributed by atoms with Crippen LogP contribution in [0.3, 0.4) is 0 Å². The average Bonchev–Trinajstić information content (AvgIpc) is 2.46. The number of hydrogen-bond acceptors (Lipinski definition) is 5. The summed E-state index contributed by atoms with van der Waals surface area (Å²) in [5.41, 5.74) is -0.0327. The number of hydrogen-bond donors (Lipinski definition) is 3. The molecule has 0 bridgehead atoms. The van der Waals surface area contributed by atoms with Gasteiger partial charge >= 0.3 is 5.97 Å². The number of carbonyl (C=O) groups is 1. The van der Waals surface area contributed by atoms with E-state index in [0.717, 1.165) is 31.4 Å². The molecule has 0 atom stereocenters. The molecule has 5 heteroatoms. The fourth-order valence-corrected chi connectivity index (χ4v) is 1.56. The van der Waals surface area contributed by atoms with E-state index in [2.05, 4.69) is 6.92 Å². The van der Waals surface area contributed by atoms with Crippen LogP contribution in [0.15, 0.2) is 36.4 Å². The molecule has 21 heavy (non-hydrogen) atoms. The summed E-state index contributed by atoms with van der Waals surface area (Å²) in [6, 6.07) is 2.07. The molecule has 0 aromatic heterocycles. The van der Waals surface area contributed by atoms with Crippen LogP contribution in [0.2, 0.25) is 0 Å². The third kappa shape index (κ3) is 5.60. The van der Waals surface area contributed by atoms with Gasteiger partial charge in [-0.25, -0.2) is 4.79 Å². The van der Waals surface area contributed by atoms with E-state index in [1.807, 2.05) is 12.2 Å². The molecule has 0 aliphatic rings. The lowest BCUT2D eigenvalue weighted by molar-refractivity contribution is 0.0548. The third-order valence-electron chi connectivity index (χ3n) is 2.72. The predicted molar refractivity (Wildman–Crippen MR) is 79.5 cm³/mol. The smallest absolute Gasteiger partial charge is 0.338 e. The van der Waals surface area contributed by atoms with E-state index in [-0.39, 0.29) is 12.2 Å². The van der Waals surface area contributed by atoms with Crippen LogP contribution in [0.25, 0.3) is 0 Å². The fraction of sp³-hybridized carbons (Fsp3) is 0.312. The van der Waals surface area contributed by atoms with Crippen molar-refractivity contribution in [1.82, 2.24) is 0 Å². The monoisotopic (exact) mass is 292 g/mol. The van der Waals surface area contributed by atoms with Crippen LogP contribution in [0, 0.1) is 0 Å². The first kappa shape index (κ1) is 16.6. The highest BCUT2D eigenvalue weighted by molar-refractivity contribution is 5.91. The van der Waals surface area contributed by atoms with Crippen molar-refractivity contribution in [2.24, 2.45) is 0 Å². The minimum absolute atomic E-state index is 0.0327. The van der Waals surface area contributed by atoms with Gasteiger partial charge in [-0.1, -0.05) is 38.0 Å². The second kappa shape index (κ2) is 8.68. The van der Waals surface area contributed by atoms with Crippen molar-refractivity contribution in [2.75, 3.05) is 6.61 Å². The number of esters is 1. The maximum absolute atomic E-state index is 11.7. The highest BCUT2D eigenvalue weighted by Crippen LogP contribution is 2.35. The molecular weight excluding hydrogens is 272 g/mol. The fourth-order valence-electron chi connectivity index (χ4n) is 1.56. The van der Waals surface area contributed by atoms with Crippen LogP contribution in [0.5, 0.6) is 17.2 Å². The lowest BCUT2D eigenvalue weighted by Gasteiger charge is -2.05. The van der Waals surface area contributed by atoms with Gasteiger partial charge in [0.25, 0.3) is 0 Å². The topological polar surface area (TPSA) is 87.0 Å². The number of benzene rings is 1. The molecule has 1 rings (SSSR count). The Morgan fingerprint density at radius 3 is 2.38 bits per heavy atom. The van der Waals surface area contributed by atoms with Gasteiger partial charge in [-0.3, -0.25) is 0 Å². The number of allylic oxidation sites excluding steroid dienone is 3. The second-order valence-electron chi connectivity index (χ2n) is 4.46. The van der Waals surface area contributed by atoms with Gasteiger partial charge in [0.05, 0.1) is 5.56 Å². The molecular formula is C16H20O5. The first-order valence-electron chi connectivity index (χ1n) is 6.80. The van der Waals surface area contributed by atoms with E-state index in [1.165, 1.54) is 0 Å². The van der Waals surface area contributed by atoms with Crippen molar-refractivity contribution in [3.63, 3.8) is 0 Å². The molecule has 0 spiro atoms. The Morgan fingerprint density at radius 1 is 1.14 bits per heavy atom. The summed E-state index contributed by atoms with van der Waals surface area (Å²) in [5, 5.41) is 27.8. The normalized spacial score (nSPS) is 11.3. The van der Waals surface area contributed by atoms with Crippen LogP contribution >= 0.6 is 0 Å². The van der Waals surface area contributed by atoms with Crippen molar-refractivity contribution in [3.05, 3.63) is 42.0 Å². The van der Waals surface area contributed by atoms with Gasteiger partial charge < -0.3 is 20.1 Å². The van der Waals surface area contributed by atoms with Crippen LogP contribution in [0.1, 0.15) is 36.5 Å². The van der Waals surface area contributed by atoms with E-state index < -0.39 is 23.2 Å². The van der Waals surface area contributed by atoms with Crippen molar-refractivity contribution >= 4 is 5.97 Å². The van der Waals surface area contributed by atoms with Gasteiger partial charge in [0, 0.05) is 0 Å². The van der Waals surface area contributed by atoms with Gasteiger partial charge in [0.2, 0.25) is 0 Å². The SMILES string of the molecule is CCCCC=CC=CCOC(=O)c1cc(O)c(O)c(O)c1. The van der Waals surface area contributed by atoms with Gasteiger partial charge in [0.1, 0.15) is 6.61 Å². The largest absolute Gasteiger partial charge is 0.504 e. The highest BCUT2D eigenvalue weighted by Gasteiger charge is 2.13. The molecule has 1 aromatic carbocycles. The quantitative estimate of drug-likeness (QED) is 0.311. The summed E-state index contributed by atoms with van der Waals surface area (Å²) in [6.07, 6.45) is 10.7. The Bertz CT molecular complexity index is 508. The molecule has 114 valence electrons. The Labute approximate surface area is 123 Å². The van der Waals surface area contributed by atoms with Gasteiger partial charge in [-0.15, -0.1) is 0 Å². The van der Waals surface area contributed by atoms with E-state index >= 15 is 0 Å². The zero-order valence-electron chi connectivity index (χ0n) is 12.0. The van der Waals surface area contributed by atoms with Crippen molar-refractivity contribution in [3.8, 4) is 17.2 Å². The molecule has 0 fully saturated rings. The number of rotatable bonds is 7. The minimum Gasteiger partial charge on any atom is -0.504 e. The molecule has 0 unspecified atom stereocenters. The summed E-state index contributed by atoms with van der Waals surface area (Å²) in [5.74, 6) is -2.50. The third-order valence-corrected chi connectivity index (χ3v) is 2.72.